The Labute approximate surface area is 194 Å². The molecule has 4 rings (SSSR count). The van der Waals surface area contributed by atoms with E-state index in [1.807, 2.05) is 30.3 Å². The molecule has 1 unspecified atom stereocenters. The minimum absolute atomic E-state index is 0.0403. The lowest BCUT2D eigenvalue weighted by molar-refractivity contribution is -0.126. The van der Waals surface area contributed by atoms with Crippen LogP contribution in [0.3, 0.4) is 0 Å². The second-order valence-electron chi connectivity index (χ2n) is 8.42. The predicted molar refractivity (Wildman–Crippen MR) is 126 cm³/mol. The first kappa shape index (κ1) is 23.2. The van der Waals surface area contributed by atoms with Gasteiger partial charge in [-0.05, 0) is 36.2 Å². The van der Waals surface area contributed by atoms with Crippen molar-refractivity contribution < 1.29 is 21.6 Å². The highest BCUT2D eigenvalue weighted by molar-refractivity contribution is 8.09. The molecule has 1 aliphatic heterocycles. The summed E-state index contributed by atoms with van der Waals surface area (Å²) < 4.78 is 53.4. The number of nitrogens with zero attached hydrogens (tertiary/aromatic N) is 1. The van der Waals surface area contributed by atoms with E-state index in [9.17, 15) is 21.6 Å². The largest absolute Gasteiger partial charge is 0.345 e. The first-order valence-electron chi connectivity index (χ1n) is 10.5. The summed E-state index contributed by atoms with van der Waals surface area (Å²) in [5.74, 6) is -0.146. The summed E-state index contributed by atoms with van der Waals surface area (Å²) >= 11 is 0. The molecule has 0 saturated carbocycles. The van der Waals surface area contributed by atoms with Crippen LogP contribution in [0.4, 0.5) is 0 Å². The Balaban J connectivity index is 1.91. The van der Waals surface area contributed by atoms with Crippen molar-refractivity contribution in [3.63, 3.8) is 0 Å². The molecule has 1 heterocycles. The van der Waals surface area contributed by atoms with Gasteiger partial charge >= 0.3 is 0 Å². The molecule has 0 spiro atoms. The highest BCUT2D eigenvalue weighted by Gasteiger charge is 2.51. The molecule has 3 aromatic carbocycles. The molecule has 0 N–H and O–H groups in total. The number of carbonyl (C=O) groups is 1. The van der Waals surface area contributed by atoms with Gasteiger partial charge in [0, 0.05) is 25.4 Å². The van der Waals surface area contributed by atoms with Gasteiger partial charge in [-0.25, -0.2) is 16.8 Å². The van der Waals surface area contributed by atoms with E-state index in [0.29, 0.717) is 0 Å². The lowest BCUT2D eigenvalue weighted by Gasteiger charge is -2.32. The number of carbonyl (C=O) groups excluding carboxylic acids is 1. The highest BCUT2D eigenvalue weighted by atomic mass is 32.3. The standard InChI is InChI=1S/C25H25NO5S2/c1-26-19-25(17-23(26)27,20-11-5-2-6-12-20)18-24(32(28,29)21-13-7-3-8-14-21)33(30,31)22-15-9-4-10-16-22/h2-16,24H,17-19H2,1H3. The van der Waals surface area contributed by atoms with E-state index in [1.54, 1.807) is 43.4 Å². The number of likely N-dealkylation sites (tertiary alicyclic amines) is 1. The Hall–Kier alpha value is -2.97. The summed E-state index contributed by atoms with van der Waals surface area (Å²) in [7, 11) is -6.93. The van der Waals surface area contributed by atoms with Crippen LogP contribution >= 0.6 is 0 Å². The third kappa shape index (κ3) is 4.32. The van der Waals surface area contributed by atoms with Gasteiger partial charge in [0.15, 0.2) is 24.3 Å². The minimum atomic E-state index is -4.29. The van der Waals surface area contributed by atoms with Gasteiger partial charge in [-0.1, -0.05) is 66.7 Å². The van der Waals surface area contributed by atoms with Gasteiger partial charge in [-0.15, -0.1) is 0 Å². The zero-order valence-corrected chi connectivity index (χ0v) is 19.8. The number of hydrogen-bond acceptors (Lipinski definition) is 5. The second kappa shape index (κ2) is 8.76. The highest BCUT2D eigenvalue weighted by Crippen LogP contribution is 2.43. The third-order valence-electron chi connectivity index (χ3n) is 6.23. The molecule has 3 aromatic rings. The van der Waals surface area contributed by atoms with Crippen molar-refractivity contribution >= 4 is 25.6 Å². The smallest absolute Gasteiger partial charge is 0.223 e. The molecule has 1 amide bonds. The van der Waals surface area contributed by atoms with E-state index in [1.165, 1.54) is 29.2 Å². The molecule has 0 radical (unpaired) electrons. The Bertz CT molecular complexity index is 1270. The number of sulfone groups is 2. The monoisotopic (exact) mass is 483 g/mol. The minimum Gasteiger partial charge on any atom is -0.345 e. The van der Waals surface area contributed by atoms with Crippen molar-refractivity contribution in [1.82, 2.24) is 4.90 Å². The van der Waals surface area contributed by atoms with E-state index in [2.05, 4.69) is 0 Å². The predicted octanol–water partition coefficient (Wildman–Crippen LogP) is 3.45. The first-order valence-corrected chi connectivity index (χ1v) is 13.6. The average Bonchev–Trinajstić information content (AvgIpc) is 3.13. The molecule has 1 saturated heterocycles. The van der Waals surface area contributed by atoms with Crippen LogP contribution < -0.4 is 0 Å². The lowest BCUT2D eigenvalue weighted by atomic mass is 9.77. The van der Waals surface area contributed by atoms with Gasteiger partial charge in [-0.3, -0.25) is 4.79 Å². The van der Waals surface area contributed by atoms with Crippen molar-refractivity contribution in [3.8, 4) is 0 Å². The second-order valence-corrected chi connectivity index (χ2v) is 13.0. The van der Waals surface area contributed by atoms with Crippen LogP contribution in [-0.4, -0.2) is 45.8 Å². The van der Waals surface area contributed by atoms with Crippen molar-refractivity contribution in [2.75, 3.05) is 13.6 Å². The molecule has 6 nitrogen and oxygen atoms in total. The van der Waals surface area contributed by atoms with E-state index in [-0.39, 0.29) is 35.1 Å². The van der Waals surface area contributed by atoms with Crippen molar-refractivity contribution in [2.24, 2.45) is 0 Å². The fraction of sp³-hybridized carbons (Fsp3) is 0.240. The van der Waals surface area contributed by atoms with Crippen LogP contribution in [-0.2, 0) is 29.9 Å². The number of hydrogen-bond donors (Lipinski definition) is 0. The Kier molecular flexibility index (Phi) is 6.16. The van der Waals surface area contributed by atoms with E-state index in [0.717, 1.165) is 5.56 Å². The van der Waals surface area contributed by atoms with Crippen LogP contribution in [0.2, 0.25) is 0 Å². The number of likely N-dealkylation sites (N-methyl/N-ethyl adjacent to an activating group) is 1. The van der Waals surface area contributed by atoms with Gasteiger partial charge in [0.2, 0.25) is 5.91 Å². The molecule has 0 bridgehead atoms. The summed E-state index contributed by atoms with van der Waals surface area (Å²) in [4.78, 5) is 14.0. The van der Waals surface area contributed by atoms with Gasteiger partial charge < -0.3 is 4.90 Å². The Morgan fingerprint density at radius 2 is 1.18 bits per heavy atom. The molecular formula is C25H25NO5S2. The van der Waals surface area contributed by atoms with Crippen LogP contribution in [0.1, 0.15) is 18.4 Å². The summed E-state index contributed by atoms with van der Waals surface area (Å²) in [6.45, 7) is 0.237. The summed E-state index contributed by atoms with van der Waals surface area (Å²) in [5, 5.41) is 0. The third-order valence-corrected chi connectivity index (χ3v) is 11.3. The molecule has 1 atom stereocenters. The maximum atomic E-state index is 13.8. The number of amides is 1. The zero-order chi connectivity index (χ0) is 23.7. The van der Waals surface area contributed by atoms with E-state index < -0.39 is 29.7 Å². The van der Waals surface area contributed by atoms with Crippen molar-refractivity contribution in [2.45, 2.75) is 32.6 Å². The molecular weight excluding hydrogens is 458 g/mol. The van der Waals surface area contributed by atoms with Gasteiger partial charge in [0.05, 0.1) is 9.79 Å². The maximum absolute atomic E-state index is 13.8. The molecule has 8 heteroatoms. The van der Waals surface area contributed by atoms with Crippen LogP contribution in [0.15, 0.2) is 101 Å². The van der Waals surface area contributed by atoms with Gasteiger partial charge in [0.1, 0.15) is 0 Å². The van der Waals surface area contributed by atoms with Crippen molar-refractivity contribution in [3.05, 3.63) is 96.6 Å². The molecule has 0 aliphatic carbocycles. The Morgan fingerprint density at radius 3 is 1.58 bits per heavy atom. The Morgan fingerprint density at radius 1 is 0.758 bits per heavy atom. The molecule has 1 aliphatic rings. The molecule has 172 valence electrons. The van der Waals surface area contributed by atoms with Crippen LogP contribution in [0.5, 0.6) is 0 Å². The number of benzene rings is 3. The van der Waals surface area contributed by atoms with Crippen LogP contribution in [0, 0.1) is 0 Å². The molecule has 33 heavy (non-hydrogen) atoms. The quantitative estimate of drug-likeness (QED) is 0.514. The van der Waals surface area contributed by atoms with Crippen LogP contribution in [0.25, 0.3) is 0 Å². The topological polar surface area (TPSA) is 88.6 Å². The van der Waals surface area contributed by atoms with Crippen molar-refractivity contribution in [1.29, 1.82) is 0 Å². The SMILES string of the molecule is CN1CC(CC(S(=O)(=O)c2ccccc2)S(=O)(=O)c2ccccc2)(c2ccccc2)CC1=O. The molecule has 1 fully saturated rings. The normalized spacial score (nSPS) is 19.2. The molecule has 0 aromatic heterocycles. The van der Waals surface area contributed by atoms with Gasteiger partial charge in [0.25, 0.3) is 0 Å². The lowest BCUT2D eigenvalue weighted by Crippen LogP contribution is -2.40. The summed E-state index contributed by atoms with van der Waals surface area (Å²) in [6.07, 6.45) is -0.194. The van der Waals surface area contributed by atoms with E-state index >= 15 is 0 Å². The van der Waals surface area contributed by atoms with E-state index in [4.69, 9.17) is 0 Å². The maximum Gasteiger partial charge on any atom is 0.223 e. The average molecular weight is 484 g/mol. The number of rotatable bonds is 7. The summed E-state index contributed by atoms with van der Waals surface area (Å²) in [5.41, 5.74) is -0.208. The fourth-order valence-electron chi connectivity index (χ4n) is 4.49. The summed E-state index contributed by atoms with van der Waals surface area (Å²) in [6, 6.07) is 24.4. The first-order chi connectivity index (χ1) is 15.7. The van der Waals surface area contributed by atoms with Gasteiger partial charge in [-0.2, -0.15) is 0 Å². The zero-order valence-electron chi connectivity index (χ0n) is 18.2. The fourth-order valence-corrected chi connectivity index (χ4v) is 9.25.